The first kappa shape index (κ1) is 20.8. The number of amides is 1. The molecule has 0 unspecified atom stereocenters. The Bertz CT molecular complexity index is 935. The van der Waals surface area contributed by atoms with Gasteiger partial charge < -0.3 is 10.1 Å². The third kappa shape index (κ3) is 6.02. The van der Waals surface area contributed by atoms with Crippen LogP contribution in [0.25, 0.3) is 0 Å². The van der Waals surface area contributed by atoms with Crippen molar-refractivity contribution in [2.45, 2.75) is 17.9 Å². The van der Waals surface area contributed by atoms with Gasteiger partial charge in [-0.1, -0.05) is 23.7 Å². The molecule has 0 aliphatic heterocycles. The van der Waals surface area contributed by atoms with Crippen molar-refractivity contribution in [1.82, 2.24) is 4.72 Å². The van der Waals surface area contributed by atoms with Gasteiger partial charge in [-0.2, -0.15) is 4.72 Å². The molecule has 27 heavy (non-hydrogen) atoms. The van der Waals surface area contributed by atoms with Crippen LogP contribution in [0.15, 0.2) is 53.4 Å². The minimum atomic E-state index is -4.27. The molecule has 2 aromatic carbocycles. The smallest absolute Gasteiger partial charge is 0.324 e. The Kier molecular flexibility index (Phi) is 6.89. The molecule has 0 aliphatic carbocycles. The van der Waals surface area contributed by atoms with Crippen LogP contribution in [-0.2, 0) is 24.3 Å². The fourth-order valence-corrected chi connectivity index (χ4v) is 3.40. The second-order valence-electron chi connectivity index (χ2n) is 5.44. The maximum absolute atomic E-state index is 13.6. The lowest BCUT2D eigenvalue weighted by Gasteiger charge is -2.14. The fourth-order valence-electron chi connectivity index (χ4n) is 2.00. The maximum atomic E-state index is 13.6. The SMILES string of the molecule is C[C@H](NS(=O)(=O)c1ccccc1F)C(=O)OCC(=O)Nc1ccc(Cl)cc1. The van der Waals surface area contributed by atoms with Crippen molar-refractivity contribution in [3.63, 3.8) is 0 Å². The van der Waals surface area contributed by atoms with Crippen LogP contribution in [0.5, 0.6) is 0 Å². The van der Waals surface area contributed by atoms with E-state index < -0.39 is 45.3 Å². The van der Waals surface area contributed by atoms with Gasteiger partial charge in [0, 0.05) is 10.7 Å². The van der Waals surface area contributed by atoms with E-state index in [0.717, 1.165) is 12.1 Å². The molecule has 1 amide bonds. The lowest BCUT2D eigenvalue weighted by Crippen LogP contribution is -2.40. The highest BCUT2D eigenvalue weighted by atomic mass is 35.5. The van der Waals surface area contributed by atoms with Crippen LogP contribution in [0.2, 0.25) is 5.02 Å². The van der Waals surface area contributed by atoms with Crippen LogP contribution in [0.4, 0.5) is 10.1 Å². The summed E-state index contributed by atoms with van der Waals surface area (Å²) in [4.78, 5) is 23.1. The normalized spacial score (nSPS) is 12.3. The number of sulfonamides is 1. The third-order valence-corrected chi connectivity index (χ3v) is 5.11. The molecule has 2 N–H and O–H groups in total. The first-order valence-corrected chi connectivity index (χ1v) is 9.54. The van der Waals surface area contributed by atoms with Gasteiger partial charge in [-0.15, -0.1) is 0 Å². The molecule has 0 aromatic heterocycles. The first-order valence-electron chi connectivity index (χ1n) is 7.68. The zero-order chi connectivity index (χ0) is 20.0. The molecule has 0 bridgehead atoms. The van der Waals surface area contributed by atoms with Gasteiger partial charge in [0.05, 0.1) is 0 Å². The van der Waals surface area contributed by atoms with Gasteiger partial charge >= 0.3 is 5.97 Å². The highest BCUT2D eigenvalue weighted by Gasteiger charge is 2.25. The van der Waals surface area contributed by atoms with Gasteiger partial charge in [0.15, 0.2) is 6.61 Å². The van der Waals surface area contributed by atoms with Crippen molar-refractivity contribution in [3.8, 4) is 0 Å². The standard InChI is InChI=1S/C17H16ClFN2O5S/c1-11(21-27(24,25)15-5-3-2-4-14(15)19)17(23)26-10-16(22)20-13-8-6-12(18)7-9-13/h2-9,11,21H,10H2,1H3,(H,20,22)/t11-/m0/s1. The number of hydrogen-bond acceptors (Lipinski definition) is 5. The molecule has 0 radical (unpaired) electrons. The topological polar surface area (TPSA) is 102 Å². The summed E-state index contributed by atoms with van der Waals surface area (Å²) in [5.74, 6) is -2.55. The molecule has 0 saturated carbocycles. The molecule has 2 aromatic rings. The molecule has 1 atom stereocenters. The van der Waals surface area contributed by atoms with Gasteiger partial charge in [0.25, 0.3) is 5.91 Å². The summed E-state index contributed by atoms with van der Waals surface area (Å²) < 4.78 is 44.7. The van der Waals surface area contributed by atoms with Crippen LogP contribution in [0.3, 0.4) is 0 Å². The summed E-state index contributed by atoms with van der Waals surface area (Å²) in [6.07, 6.45) is 0. The minimum Gasteiger partial charge on any atom is -0.454 e. The minimum absolute atomic E-state index is 0.453. The van der Waals surface area contributed by atoms with Crippen molar-refractivity contribution in [2.24, 2.45) is 0 Å². The summed E-state index contributed by atoms with van der Waals surface area (Å²) in [6, 6.07) is 9.69. The molecular formula is C17H16ClFN2O5S. The number of carbonyl (C=O) groups is 2. The van der Waals surface area contributed by atoms with Crippen molar-refractivity contribution in [1.29, 1.82) is 0 Å². The van der Waals surface area contributed by atoms with Crippen molar-refractivity contribution >= 4 is 39.2 Å². The van der Waals surface area contributed by atoms with Crippen LogP contribution in [0.1, 0.15) is 6.92 Å². The Morgan fingerprint density at radius 3 is 2.41 bits per heavy atom. The average molecular weight is 415 g/mol. The van der Waals surface area contributed by atoms with E-state index in [1.807, 2.05) is 4.72 Å². The Morgan fingerprint density at radius 2 is 1.78 bits per heavy atom. The molecule has 0 heterocycles. The largest absolute Gasteiger partial charge is 0.454 e. The Hall–Kier alpha value is -2.49. The highest BCUT2D eigenvalue weighted by molar-refractivity contribution is 7.89. The predicted molar refractivity (Wildman–Crippen MR) is 97.2 cm³/mol. The Morgan fingerprint density at radius 1 is 1.15 bits per heavy atom. The quantitative estimate of drug-likeness (QED) is 0.677. The highest BCUT2D eigenvalue weighted by Crippen LogP contribution is 2.14. The van der Waals surface area contributed by atoms with Crippen molar-refractivity contribution in [3.05, 3.63) is 59.4 Å². The number of anilines is 1. The zero-order valence-corrected chi connectivity index (χ0v) is 15.7. The molecular weight excluding hydrogens is 399 g/mol. The zero-order valence-electron chi connectivity index (χ0n) is 14.1. The molecule has 0 fully saturated rings. The molecule has 0 saturated heterocycles. The van der Waals surface area contributed by atoms with Crippen molar-refractivity contribution < 1.29 is 27.1 Å². The van der Waals surface area contributed by atoms with E-state index in [9.17, 15) is 22.4 Å². The summed E-state index contributed by atoms with van der Waals surface area (Å²) in [5, 5.41) is 2.98. The van der Waals surface area contributed by atoms with E-state index in [1.54, 1.807) is 24.3 Å². The van der Waals surface area contributed by atoms with E-state index in [-0.39, 0.29) is 0 Å². The number of hydrogen-bond donors (Lipinski definition) is 2. The summed E-state index contributed by atoms with van der Waals surface area (Å²) >= 11 is 5.73. The summed E-state index contributed by atoms with van der Waals surface area (Å²) in [6.45, 7) is 0.602. The number of nitrogens with one attached hydrogen (secondary N) is 2. The molecule has 7 nitrogen and oxygen atoms in total. The van der Waals surface area contributed by atoms with E-state index in [4.69, 9.17) is 16.3 Å². The van der Waals surface area contributed by atoms with Gasteiger partial charge in [-0.05, 0) is 43.3 Å². The lowest BCUT2D eigenvalue weighted by atomic mass is 10.3. The van der Waals surface area contributed by atoms with E-state index in [1.165, 1.54) is 19.1 Å². The average Bonchev–Trinajstić information content (AvgIpc) is 2.61. The van der Waals surface area contributed by atoms with Crippen LogP contribution in [-0.4, -0.2) is 32.9 Å². The molecule has 144 valence electrons. The number of ether oxygens (including phenoxy) is 1. The fraction of sp³-hybridized carbons (Fsp3) is 0.176. The van der Waals surface area contributed by atoms with E-state index >= 15 is 0 Å². The molecule has 2 rings (SSSR count). The van der Waals surface area contributed by atoms with Crippen molar-refractivity contribution in [2.75, 3.05) is 11.9 Å². The second kappa shape index (κ2) is 8.94. The second-order valence-corrected chi connectivity index (χ2v) is 7.56. The number of halogens is 2. The molecule has 0 spiro atoms. The van der Waals surface area contributed by atoms with Gasteiger partial charge in [0.1, 0.15) is 16.8 Å². The van der Waals surface area contributed by atoms with E-state index in [0.29, 0.717) is 10.7 Å². The molecule has 0 aliphatic rings. The number of carbonyl (C=O) groups excluding carboxylic acids is 2. The number of rotatable bonds is 7. The Labute approximate surface area is 160 Å². The van der Waals surface area contributed by atoms with Gasteiger partial charge in [-0.25, -0.2) is 12.8 Å². The number of benzene rings is 2. The van der Waals surface area contributed by atoms with E-state index in [2.05, 4.69) is 5.32 Å². The summed E-state index contributed by atoms with van der Waals surface area (Å²) in [7, 11) is -4.27. The number of esters is 1. The third-order valence-electron chi connectivity index (χ3n) is 3.29. The van der Waals surface area contributed by atoms with Crippen LogP contribution in [0, 0.1) is 5.82 Å². The molecule has 10 heteroatoms. The first-order chi connectivity index (χ1) is 12.7. The van der Waals surface area contributed by atoms with Crippen LogP contribution >= 0.6 is 11.6 Å². The Balaban J connectivity index is 1.89. The van der Waals surface area contributed by atoms with Gasteiger partial charge in [0.2, 0.25) is 10.0 Å². The monoisotopic (exact) mass is 414 g/mol. The van der Waals surface area contributed by atoms with Crippen LogP contribution < -0.4 is 10.0 Å². The predicted octanol–water partition coefficient (Wildman–Crippen LogP) is 2.33. The lowest BCUT2D eigenvalue weighted by molar-refractivity contribution is -0.148. The van der Waals surface area contributed by atoms with Gasteiger partial charge in [-0.3, -0.25) is 9.59 Å². The summed E-state index contributed by atoms with van der Waals surface area (Å²) in [5.41, 5.74) is 0.453. The maximum Gasteiger partial charge on any atom is 0.324 e.